The molecule has 9 heteroatoms. The van der Waals surface area contributed by atoms with Crippen molar-refractivity contribution in [3.05, 3.63) is 57.4 Å². The molecule has 1 N–H and O–H groups in total. The summed E-state index contributed by atoms with van der Waals surface area (Å²) in [6.07, 6.45) is 7.13. The molecule has 164 valence electrons. The fraction of sp³-hybridized carbons (Fsp3) is 0.304. The van der Waals surface area contributed by atoms with E-state index in [1.54, 1.807) is 17.4 Å². The number of aromatic nitrogens is 3. The molecule has 32 heavy (non-hydrogen) atoms. The first-order valence-corrected chi connectivity index (χ1v) is 13.0. The van der Waals surface area contributed by atoms with Crippen LogP contribution in [0.3, 0.4) is 0 Å². The average molecular weight is 529 g/mol. The van der Waals surface area contributed by atoms with Crippen molar-refractivity contribution < 1.29 is 4.79 Å². The molecular weight excluding hydrogens is 506 g/mol. The number of hydrogen-bond donors (Lipinski definition) is 1. The molecule has 0 bridgehead atoms. The number of benzene rings is 1. The van der Waals surface area contributed by atoms with Crippen LogP contribution < -0.4 is 5.32 Å². The fourth-order valence-corrected chi connectivity index (χ4v) is 6.01. The minimum absolute atomic E-state index is 0.152. The van der Waals surface area contributed by atoms with Crippen molar-refractivity contribution in [3.63, 3.8) is 0 Å². The summed E-state index contributed by atoms with van der Waals surface area (Å²) in [7, 11) is 0. The summed E-state index contributed by atoms with van der Waals surface area (Å²) in [5, 5.41) is 22.6. The maximum Gasteiger partial charge on any atom is 0.235 e. The zero-order valence-electron chi connectivity index (χ0n) is 17.4. The Balaban J connectivity index is 1.47. The van der Waals surface area contributed by atoms with Crippen LogP contribution in [0.4, 0.5) is 5.00 Å². The summed E-state index contributed by atoms with van der Waals surface area (Å²) in [6, 6.07) is 10.2. The quantitative estimate of drug-likeness (QED) is 0.237. The average Bonchev–Trinajstić information content (AvgIpc) is 3.25. The highest BCUT2D eigenvalue weighted by Gasteiger charge is 2.21. The van der Waals surface area contributed by atoms with Gasteiger partial charge in [0.05, 0.1) is 11.3 Å². The van der Waals surface area contributed by atoms with Gasteiger partial charge in [0.1, 0.15) is 11.1 Å². The molecule has 3 aromatic rings. The fourth-order valence-electron chi connectivity index (χ4n) is 3.74. The Kier molecular flexibility index (Phi) is 7.45. The number of anilines is 1. The smallest absolute Gasteiger partial charge is 0.235 e. The minimum atomic E-state index is -0.152. The van der Waals surface area contributed by atoms with Crippen molar-refractivity contribution >= 4 is 49.9 Å². The number of rotatable bonds is 7. The second kappa shape index (κ2) is 10.5. The van der Waals surface area contributed by atoms with Crippen molar-refractivity contribution in [2.45, 2.75) is 43.8 Å². The number of nitrogens with one attached hydrogen (secondary N) is 1. The maximum atomic E-state index is 12.7. The van der Waals surface area contributed by atoms with E-state index in [1.807, 2.05) is 28.8 Å². The monoisotopic (exact) mass is 527 g/mol. The zero-order chi connectivity index (χ0) is 22.5. The van der Waals surface area contributed by atoms with Gasteiger partial charge in [-0.25, -0.2) is 0 Å². The molecule has 0 saturated carbocycles. The number of allylic oxidation sites excluding steroid dienone is 1. The third-order valence-corrected chi connectivity index (χ3v) is 7.95. The lowest BCUT2D eigenvalue weighted by Gasteiger charge is -2.08. The molecule has 2 aromatic heterocycles. The standard InChI is InChI=1S/C23H22BrN5OS2/c1-2-12-29-21(15-8-10-16(24)11-9-15)27-28-23(29)31-14-20(30)26-22-18(13-25)17-6-4-3-5-7-19(17)32-22/h2,8-11H,1,3-7,12,14H2,(H,26,30). The van der Waals surface area contributed by atoms with E-state index in [1.165, 1.54) is 23.1 Å². The van der Waals surface area contributed by atoms with Crippen LogP contribution in [0.2, 0.25) is 0 Å². The van der Waals surface area contributed by atoms with Crippen LogP contribution in [0.1, 0.15) is 35.3 Å². The van der Waals surface area contributed by atoms with E-state index in [2.05, 4.69) is 44.1 Å². The van der Waals surface area contributed by atoms with E-state index < -0.39 is 0 Å². The van der Waals surface area contributed by atoms with Gasteiger partial charge >= 0.3 is 0 Å². The normalized spacial score (nSPS) is 13.1. The van der Waals surface area contributed by atoms with Gasteiger partial charge in [0.2, 0.25) is 5.91 Å². The van der Waals surface area contributed by atoms with E-state index in [9.17, 15) is 10.1 Å². The molecule has 0 fully saturated rings. The Morgan fingerprint density at radius 2 is 2.06 bits per heavy atom. The van der Waals surface area contributed by atoms with Gasteiger partial charge in [0.25, 0.3) is 0 Å². The lowest BCUT2D eigenvalue weighted by atomic mass is 10.1. The molecule has 1 amide bonds. The summed E-state index contributed by atoms with van der Waals surface area (Å²) < 4.78 is 2.94. The van der Waals surface area contributed by atoms with Gasteiger partial charge in [0.15, 0.2) is 11.0 Å². The van der Waals surface area contributed by atoms with Gasteiger partial charge in [-0.15, -0.1) is 28.1 Å². The third-order valence-electron chi connectivity index (χ3n) is 5.25. The lowest BCUT2D eigenvalue weighted by molar-refractivity contribution is -0.113. The molecule has 0 radical (unpaired) electrons. The molecule has 4 rings (SSSR count). The first-order chi connectivity index (χ1) is 15.6. The van der Waals surface area contributed by atoms with Crippen molar-refractivity contribution in [1.29, 1.82) is 5.26 Å². The number of fused-ring (bicyclic) bond motifs is 1. The topological polar surface area (TPSA) is 83.6 Å². The Morgan fingerprint density at radius 1 is 1.28 bits per heavy atom. The molecular formula is C23H22BrN5OS2. The molecule has 0 saturated heterocycles. The number of nitriles is 1. The van der Waals surface area contributed by atoms with Crippen molar-refractivity contribution in [3.8, 4) is 17.5 Å². The summed E-state index contributed by atoms with van der Waals surface area (Å²) in [5.74, 6) is 0.763. The van der Waals surface area contributed by atoms with Gasteiger partial charge in [-0.1, -0.05) is 52.3 Å². The maximum absolute atomic E-state index is 12.7. The van der Waals surface area contributed by atoms with Crippen LogP contribution in [0.25, 0.3) is 11.4 Å². The summed E-state index contributed by atoms with van der Waals surface area (Å²) >= 11 is 6.32. The molecule has 0 spiro atoms. The first-order valence-electron chi connectivity index (χ1n) is 10.4. The second-order valence-corrected chi connectivity index (χ2v) is 10.4. The number of aryl methyl sites for hydroxylation is 1. The third kappa shape index (κ3) is 4.98. The van der Waals surface area contributed by atoms with Crippen molar-refractivity contribution in [2.75, 3.05) is 11.1 Å². The number of thiophene rings is 1. The Labute approximate surface area is 203 Å². The molecule has 1 aliphatic rings. The van der Waals surface area contributed by atoms with E-state index in [-0.39, 0.29) is 11.7 Å². The predicted octanol–water partition coefficient (Wildman–Crippen LogP) is 5.83. The minimum Gasteiger partial charge on any atom is -0.316 e. The van der Waals surface area contributed by atoms with Crippen LogP contribution in [0.5, 0.6) is 0 Å². The van der Waals surface area contributed by atoms with Gasteiger partial charge in [-0.3, -0.25) is 9.36 Å². The molecule has 0 atom stereocenters. The molecule has 0 aliphatic heterocycles. The van der Waals surface area contributed by atoms with Crippen LogP contribution in [-0.4, -0.2) is 26.4 Å². The summed E-state index contributed by atoms with van der Waals surface area (Å²) in [4.78, 5) is 13.9. The highest BCUT2D eigenvalue weighted by Crippen LogP contribution is 2.37. The van der Waals surface area contributed by atoms with E-state index in [4.69, 9.17) is 0 Å². The van der Waals surface area contributed by atoms with Gasteiger partial charge in [-0.2, -0.15) is 5.26 Å². The number of hydrogen-bond acceptors (Lipinski definition) is 6. The Bertz CT molecular complexity index is 1180. The lowest BCUT2D eigenvalue weighted by Crippen LogP contribution is -2.14. The van der Waals surface area contributed by atoms with Crippen LogP contribution >= 0.6 is 39.0 Å². The second-order valence-electron chi connectivity index (χ2n) is 7.43. The number of halogens is 1. The summed E-state index contributed by atoms with van der Waals surface area (Å²) in [5.41, 5.74) is 2.71. The largest absolute Gasteiger partial charge is 0.316 e. The molecule has 0 unspecified atom stereocenters. The molecule has 6 nitrogen and oxygen atoms in total. The first kappa shape index (κ1) is 22.8. The highest BCUT2D eigenvalue weighted by atomic mass is 79.9. The van der Waals surface area contributed by atoms with E-state index in [0.29, 0.717) is 22.3 Å². The van der Waals surface area contributed by atoms with Crippen molar-refractivity contribution in [1.82, 2.24) is 14.8 Å². The number of thioether (sulfide) groups is 1. The van der Waals surface area contributed by atoms with Gasteiger partial charge in [-0.05, 0) is 43.4 Å². The number of amides is 1. The molecule has 2 heterocycles. The number of carbonyl (C=O) groups is 1. The molecule has 1 aromatic carbocycles. The highest BCUT2D eigenvalue weighted by molar-refractivity contribution is 9.10. The zero-order valence-corrected chi connectivity index (χ0v) is 20.7. The van der Waals surface area contributed by atoms with E-state index >= 15 is 0 Å². The Morgan fingerprint density at radius 3 is 2.81 bits per heavy atom. The van der Waals surface area contributed by atoms with Crippen molar-refractivity contribution in [2.24, 2.45) is 0 Å². The molecule has 1 aliphatic carbocycles. The number of nitrogens with zero attached hydrogens (tertiary/aromatic N) is 4. The Hall–Kier alpha value is -2.41. The van der Waals surface area contributed by atoms with Gasteiger partial charge in [0, 0.05) is 21.5 Å². The van der Waals surface area contributed by atoms with Crippen LogP contribution in [0.15, 0.2) is 46.5 Å². The van der Waals surface area contributed by atoms with Crippen LogP contribution in [0, 0.1) is 11.3 Å². The van der Waals surface area contributed by atoms with Gasteiger partial charge < -0.3 is 5.32 Å². The van der Waals surface area contributed by atoms with Crippen LogP contribution in [-0.2, 0) is 24.2 Å². The number of carbonyl (C=O) groups excluding carboxylic acids is 1. The SMILES string of the molecule is C=CCn1c(SCC(=O)Nc2sc3c(c2C#N)CCCCC3)nnc1-c1ccc(Br)cc1. The predicted molar refractivity (Wildman–Crippen MR) is 133 cm³/mol. The van der Waals surface area contributed by atoms with E-state index in [0.717, 1.165) is 47.1 Å². The summed E-state index contributed by atoms with van der Waals surface area (Å²) in [6.45, 7) is 4.37.